The molecule has 1 aliphatic rings. The molecule has 2 rings (SSSR count). The summed E-state index contributed by atoms with van der Waals surface area (Å²) in [4.78, 5) is 17.7. The van der Waals surface area contributed by atoms with Gasteiger partial charge < -0.3 is 10.0 Å². The Hall–Kier alpha value is -1.58. The molecule has 2 unspecified atom stereocenters. The zero-order valence-electron chi connectivity index (χ0n) is 9.55. The minimum atomic E-state index is -0.101. The molecule has 1 N–H and O–H groups in total. The molecule has 1 aromatic rings. The quantitative estimate of drug-likeness (QED) is 0.780. The zero-order chi connectivity index (χ0) is 11.7. The van der Waals surface area contributed by atoms with Crippen LogP contribution in [0.15, 0.2) is 18.5 Å². The molecule has 1 amide bonds. The van der Waals surface area contributed by atoms with Crippen molar-refractivity contribution in [2.24, 2.45) is 11.8 Å². The van der Waals surface area contributed by atoms with Crippen LogP contribution in [0, 0.1) is 11.8 Å². The molecule has 0 radical (unpaired) electrons. The van der Waals surface area contributed by atoms with Crippen molar-refractivity contribution >= 4 is 5.91 Å². The van der Waals surface area contributed by atoms with Crippen molar-refractivity contribution in [1.82, 2.24) is 9.88 Å². The molecule has 0 aliphatic carbocycles. The summed E-state index contributed by atoms with van der Waals surface area (Å²) in [6.45, 7) is 5.82. The van der Waals surface area contributed by atoms with Gasteiger partial charge in [-0.3, -0.25) is 9.78 Å². The molecule has 16 heavy (non-hydrogen) atoms. The van der Waals surface area contributed by atoms with Gasteiger partial charge in [-0.2, -0.15) is 0 Å². The number of hydrogen-bond acceptors (Lipinski definition) is 3. The summed E-state index contributed by atoms with van der Waals surface area (Å²) in [6.07, 6.45) is 2.83. The maximum absolute atomic E-state index is 12.1. The van der Waals surface area contributed by atoms with Crippen molar-refractivity contribution in [3.05, 3.63) is 24.0 Å². The van der Waals surface area contributed by atoms with Crippen LogP contribution in [-0.4, -0.2) is 34.0 Å². The van der Waals surface area contributed by atoms with E-state index >= 15 is 0 Å². The molecule has 86 valence electrons. The largest absolute Gasteiger partial charge is 0.505 e. The molecule has 4 heteroatoms. The Labute approximate surface area is 94.9 Å². The second-order valence-electron chi connectivity index (χ2n) is 4.56. The summed E-state index contributed by atoms with van der Waals surface area (Å²) in [5, 5.41) is 9.56. The van der Waals surface area contributed by atoms with E-state index in [1.807, 2.05) is 0 Å². The van der Waals surface area contributed by atoms with E-state index in [0.717, 1.165) is 13.1 Å². The highest BCUT2D eigenvalue weighted by Crippen LogP contribution is 2.25. The van der Waals surface area contributed by atoms with Gasteiger partial charge in [-0.05, 0) is 17.9 Å². The molecule has 1 aromatic heterocycles. The highest BCUT2D eigenvalue weighted by atomic mass is 16.3. The number of hydrogen-bond donors (Lipinski definition) is 1. The van der Waals surface area contributed by atoms with E-state index < -0.39 is 0 Å². The average molecular weight is 220 g/mol. The number of aromatic nitrogens is 1. The third-order valence-corrected chi connectivity index (χ3v) is 3.31. The molecule has 2 atom stereocenters. The molecule has 1 fully saturated rings. The molecule has 0 saturated carbocycles. The Morgan fingerprint density at radius 2 is 2.06 bits per heavy atom. The molecule has 1 aliphatic heterocycles. The van der Waals surface area contributed by atoms with Gasteiger partial charge in [0.05, 0.1) is 11.8 Å². The lowest BCUT2D eigenvalue weighted by Crippen LogP contribution is -2.28. The van der Waals surface area contributed by atoms with E-state index in [9.17, 15) is 9.90 Å². The smallest absolute Gasteiger partial charge is 0.257 e. The molecule has 2 heterocycles. The number of rotatable bonds is 1. The Kier molecular flexibility index (Phi) is 2.81. The minimum absolute atomic E-state index is 0.0419. The predicted molar refractivity (Wildman–Crippen MR) is 60.1 cm³/mol. The van der Waals surface area contributed by atoms with Gasteiger partial charge in [-0.15, -0.1) is 0 Å². The number of carbonyl (C=O) groups excluding carboxylic acids is 1. The van der Waals surface area contributed by atoms with Gasteiger partial charge in [0.2, 0.25) is 0 Å². The Morgan fingerprint density at radius 1 is 1.44 bits per heavy atom. The van der Waals surface area contributed by atoms with Crippen molar-refractivity contribution in [3.63, 3.8) is 0 Å². The number of pyridine rings is 1. The fourth-order valence-corrected chi connectivity index (χ4v) is 2.03. The van der Waals surface area contributed by atoms with Gasteiger partial charge in [0, 0.05) is 19.3 Å². The van der Waals surface area contributed by atoms with Crippen molar-refractivity contribution in [3.8, 4) is 5.75 Å². The lowest BCUT2D eigenvalue weighted by Gasteiger charge is -2.16. The van der Waals surface area contributed by atoms with Gasteiger partial charge in [-0.25, -0.2) is 0 Å². The minimum Gasteiger partial charge on any atom is -0.505 e. The van der Waals surface area contributed by atoms with Gasteiger partial charge in [0.1, 0.15) is 5.75 Å². The Balaban J connectivity index is 2.18. The molecule has 1 saturated heterocycles. The first kappa shape index (κ1) is 10.9. The van der Waals surface area contributed by atoms with Crippen LogP contribution in [0.4, 0.5) is 0 Å². The summed E-state index contributed by atoms with van der Waals surface area (Å²) in [5.74, 6) is 0.900. The van der Waals surface area contributed by atoms with Gasteiger partial charge in [-0.1, -0.05) is 13.8 Å². The van der Waals surface area contributed by atoms with Crippen molar-refractivity contribution in [2.45, 2.75) is 13.8 Å². The van der Waals surface area contributed by atoms with E-state index in [1.165, 1.54) is 12.4 Å². The lowest BCUT2D eigenvalue weighted by atomic mass is 10.0. The maximum atomic E-state index is 12.1. The number of aromatic hydroxyl groups is 1. The first-order valence-corrected chi connectivity index (χ1v) is 5.52. The standard InChI is InChI=1S/C12H16N2O2/c1-8-6-14(7-9(8)2)12(16)10-3-4-13-5-11(10)15/h3-5,8-9,15H,6-7H2,1-2H3. The lowest BCUT2D eigenvalue weighted by molar-refractivity contribution is 0.0782. The molecular weight excluding hydrogens is 204 g/mol. The number of carbonyl (C=O) groups is 1. The maximum Gasteiger partial charge on any atom is 0.257 e. The SMILES string of the molecule is CC1CN(C(=O)c2ccncc2O)CC1C. The number of nitrogens with zero attached hydrogens (tertiary/aromatic N) is 2. The molecule has 0 aromatic carbocycles. The summed E-state index contributed by atoms with van der Waals surface area (Å²) in [6, 6.07) is 1.56. The van der Waals surface area contributed by atoms with Crippen molar-refractivity contribution in [1.29, 1.82) is 0 Å². The van der Waals surface area contributed by atoms with Crippen LogP contribution >= 0.6 is 0 Å². The Morgan fingerprint density at radius 3 is 2.62 bits per heavy atom. The highest BCUT2D eigenvalue weighted by Gasteiger charge is 2.30. The third kappa shape index (κ3) is 1.87. The first-order valence-electron chi connectivity index (χ1n) is 5.52. The fourth-order valence-electron chi connectivity index (χ4n) is 2.03. The molecule has 0 bridgehead atoms. The summed E-state index contributed by atoms with van der Waals surface area (Å²) >= 11 is 0. The van der Waals surface area contributed by atoms with Gasteiger partial charge in [0.25, 0.3) is 5.91 Å². The van der Waals surface area contributed by atoms with E-state index in [4.69, 9.17) is 0 Å². The monoisotopic (exact) mass is 220 g/mol. The zero-order valence-corrected chi connectivity index (χ0v) is 9.55. The summed E-state index contributed by atoms with van der Waals surface area (Å²) in [5.41, 5.74) is 0.344. The van der Waals surface area contributed by atoms with E-state index in [0.29, 0.717) is 17.4 Å². The van der Waals surface area contributed by atoms with Crippen molar-refractivity contribution < 1.29 is 9.90 Å². The fraction of sp³-hybridized carbons (Fsp3) is 0.500. The number of likely N-dealkylation sites (tertiary alicyclic amines) is 1. The van der Waals surface area contributed by atoms with Crippen LogP contribution in [0.1, 0.15) is 24.2 Å². The molecular formula is C12H16N2O2. The van der Waals surface area contributed by atoms with E-state index in [2.05, 4.69) is 18.8 Å². The molecule has 0 spiro atoms. The molecule has 4 nitrogen and oxygen atoms in total. The topological polar surface area (TPSA) is 53.4 Å². The normalized spacial score (nSPS) is 24.8. The Bertz CT molecular complexity index is 396. The van der Waals surface area contributed by atoms with E-state index in [-0.39, 0.29) is 11.7 Å². The summed E-state index contributed by atoms with van der Waals surface area (Å²) in [7, 11) is 0. The van der Waals surface area contributed by atoms with Crippen LogP contribution < -0.4 is 0 Å². The van der Waals surface area contributed by atoms with Crippen LogP contribution in [0.2, 0.25) is 0 Å². The summed E-state index contributed by atoms with van der Waals surface area (Å²) < 4.78 is 0. The van der Waals surface area contributed by atoms with E-state index in [1.54, 1.807) is 11.0 Å². The van der Waals surface area contributed by atoms with Gasteiger partial charge in [0.15, 0.2) is 0 Å². The van der Waals surface area contributed by atoms with Gasteiger partial charge >= 0.3 is 0 Å². The van der Waals surface area contributed by atoms with Crippen LogP contribution in [-0.2, 0) is 0 Å². The predicted octanol–water partition coefficient (Wildman–Crippen LogP) is 1.52. The van der Waals surface area contributed by atoms with Crippen molar-refractivity contribution in [2.75, 3.05) is 13.1 Å². The second-order valence-corrected chi connectivity index (χ2v) is 4.56. The second kappa shape index (κ2) is 4.12. The van der Waals surface area contributed by atoms with Crippen LogP contribution in [0.3, 0.4) is 0 Å². The van der Waals surface area contributed by atoms with Crippen LogP contribution in [0.5, 0.6) is 5.75 Å². The highest BCUT2D eigenvalue weighted by molar-refractivity contribution is 5.96. The van der Waals surface area contributed by atoms with Crippen LogP contribution in [0.25, 0.3) is 0 Å². The third-order valence-electron chi connectivity index (χ3n) is 3.31. The number of amides is 1. The average Bonchev–Trinajstić information content (AvgIpc) is 2.59. The first-order chi connectivity index (χ1) is 7.59.